The molecule has 2 N–H and O–H groups in total. The highest BCUT2D eigenvalue weighted by Crippen LogP contribution is 2.17. The molecule has 0 radical (unpaired) electrons. The first-order valence-electron chi connectivity index (χ1n) is 8.62. The molecule has 0 saturated heterocycles. The second-order valence-corrected chi connectivity index (χ2v) is 5.68. The Morgan fingerprint density at radius 3 is 2.54 bits per heavy atom. The predicted molar refractivity (Wildman–Crippen MR) is 100 cm³/mol. The van der Waals surface area contributed by atoms with Gasteiger partial charge in [-0.25, -0.2) is 0 Å². The number of nitrogens with one attached hydrogen (secondary N) is 2. The van der Waals surface area contributed by atoms with E-state index in [-0.39, 0.29) is 0 Å². The molecule has 0 unspecified atom stereocenters. The third kappa shape index (κ3) is 6.50. The lowest BCUT2D eigenvalue weighted by Gasteiger charge is -2.10. The zero-order chi connectivity index (χ0) is 17.0. The van der Waals surface area contributed by atoms with Gasteiger partial charge < -0.3 is 20.1 Å². The molecule has 4 nitrogen and oxygen atoms in total. The van der Waals surface area contributed by atoms with E-state index in [9.17, 15) is 0 Å². The van der Waals surface area contributed by atoms with E-state index in [0.29, 0.717) is 0 Å². The molecule has 0 amide bonds. The largest absolute Gasteiger partial charge is 0.497 e. The van der Waals surface area contributed by atoms with Crippen LogP contribution >= 0.6 is 0 Å². The highest BCUT2D eigenvalue weighted by Gasteiger charge is 1.97. The van der Waals surface area contributed by atoms with E-state index in [1.165, 1.54) is 5.56 Å². The zero-order valence-corrected chi connectivity index (χ0v) is 14.7. The Morgan fingerprint density at radius 2 is 1.79 bits per heavy atom. The van der Waals surface area contributed by atoms with Crippen molar-refractivity contribution < 1.29 is 9.47 Å². The summed E-state index contributed by atoms with van der Waals surface area (Å²) in [5, 5.41) is 6.85. The third-order valence-corrected chi connectivity index (χ3v) is 3.72. The first-order chi connectivity index (χ1) is 11.8. The van der Waals surface area contributed by atoms with Crippen LogP contribution in [0.25, 0.3) is 0 Å². The van der Waals surface area contributed by atoms with Crippen LogP contribution in [0.4, 0.5) is 5.69 Å². The summed E-state index contributed by atoms with van der Waals surface area (Å²) in [6.45, 7) is 5.57. The molecule has 0 spiro atoms. The van der Waals surface area contributed by atoms with Gasteiger partial charge >= 0.3 is 0 Å². The summed E-state index contributed by atoms with van der Waals surface area (Å²) < 4.78 is 10.9. The number of rotatable bonds is 11. The van der Waals surface area contributed by atoms with Gasteiger partial charge in [-0.2, -0.15) is 0 Å². The maximum atomic E-state index is 5.73. The molecule has 0 fully saturated rings. The van der Waals surface area contributed by atoms with Crippen molar-refractivity contribution in [1.29, 1.82) is 0 Å². The summed E-state index contributed by atoms with van der Waals surface area (Å²) in [6.07, 6.45) is 2.24. The molecule has 0 saturated carbocycles. The van der Waals surface area contributed by atoms with Crippen molar-refractivity contribution >= 4 is 5.69 Å². The lowest BCUT2D eigenvalue weighted by atomic mass is 10.2. The lowest BCUT2D eigenvalue weighted by Crippen LogP contribution is -2.21. The molecular formula is C20H28N2O2. The van der Waals surface area contributed by atoms with Crippen LogP contribution in [0.15, 0.2) is 48.5 Å². The van der Waals surface area contributed by atoms with Crippen molar-refractivity contribution in [3.63, 3.8) is 0 Å². The minimum absolute atomic E-state index is 0.781. The molecule has 0 aliphatic rings. The van der Waals surface area contributed by atoms with Crippen molar-refractivity contribution in [2.75, 3.05) is 32.1 Å². The van der Waals surface area contributed by atoms with Gasteiger partial charge in [-0.3, -0.25) is 0 Å². The van der Waals surface area contributed by atoms with Crippen molar-refractivity contribution in [2.45, 2.75) is 26.3 Å². The fourth-order valence-corrected chi connectivity index (χ4v) is 2.30. The van der Waals surface area contributed by atoms with Crippen molar-refractivity contribution in [1.82, 2.24) is 5.32 Å². The van der Waals surface area contributed by atoms with Crippen LogP contribution in [0.1, 0.15) is 25.3 Å². The highest BCUT2D eigenvalue weighted by atomic mass is 16.5. The van der Waals surface area contributed by atoms with E-state index in [0.717, 1.165) is 56.3 Å². The van der Waals surface area contributed by atoms with Gasteiger partial charge in [0.1, 0.15) is 11.5 Å². The Bertz CT molecular complexity index is 584. The number of methoxy groups -OCH3 is 1. The molecule has 0 aliphatic carbocycles. The topological polar surface area (TPSA) is 42.5 Å². The van der Waals surface area contributed by atoms with Crippen molar-refractivity contribution in [3.05, 3.63) is 54.1 Å². The van der Waals surface area contributed by atoms with Gasteiger partial charge in [0, 0.05) is 31.4 Å². The van der Waals surface area contributed by atoms with E-state index in [1.54, 1.807) is 7.11 Å². The van der Waals surface area contributed by atoms with Gasteiger partial charge in [0.15, 0.2) is 0 Å². The molecule has 0 atom stereocenters. The average molecular weight is 328 g/mol. The van der Waals surface area contributed by atoms with E-state index >= 15 is 0 Å². The summed E-state index contributed by atoms with van der Waals surface area (Å²) in [6, 6.07) is 16.3. The number of anilines is 1. The number of ether oxygens (including phenoxy) is 2. The van der Waals surface area contributed by atoms with E-state index in [2.05, 4.69) is 41.8 Å². The third-order valence-electron chi connectivity index (χ3n) is 3.72. The number of hydrogen-bond acceptors (Lipinski definition) is 4. The second-order valence-electron chi connectivity index (χ2n) is 5.68. The fraction of sp³-hybridized carbons (Fsp3) is 0.400. The van der Waals surface area contributed by atoms with E-state index in [4.69, 9.17) is 9.47 Å². The van der Waals surface area contributed by atoms with Crippen molar-refractivity contribution in [2.24, 2.45) is 0 Å². The minimum Gasteiger partial charge on any atom is -0.497 e. The van der Waals surface area contributed by atoms with Gasteiger partial charge in [0.25, 0.3) is 0 Å². The summed E-state index contributed by atoms with van der Waals surface area (Å²) >= 11 is 0. The van der Waals surface area contributed by atoms with Gasteiger partial charge in [-0.15, -0.1) is 0 Å². The fourth-order valence-electron chi connectivity index (χ4n) is 2.30. The first kappa shape index (κ1) is 18.1. The Balaban J connectivity index is 1.65. The Morgan fingerprint density at radius 1 is 0.958 bits per heavy atom. The maximum absolute atomic E-state index is 5.73. The highest BCUT2D eigenvalue weighted by molar-refractivity contribution is 5.48. The standard InChI is InChI=1S/C20H28N2O2/c1-3-4-14-24-20-7-5-6-18(15-20)22-13-12-21-16-17-8-10-19(23-2)11-9-17/h5-11,15,21-22H,3-4,12-14,16H2,1-2H3. The normalized spacial score (nSPS) is 10.4. The van der Waals surface area contributed by atoms with E-state index < -0.39 is 0 Å². The molecule has 0 aromatic heterocycles. The molecule has 2 aromatic carbocycles. The predicted octanol–water partition coefficient (Wildman–Crippen LogP) is 4.08. The van der Waals surface area contributed by atoms with Crippen LogP contribution in [0.5, 0.6) is 11.5 Å². The van der Waals surface area contributed by atoms with Gasteiger partial charge in [0.2, 0.25) is 0 Å². The van der Waals surface area contributed by atoms with Gasteiger partial charge in [-0.05, 0) is 36.2 Å². The summed E-state index contributed by atoms with van der Waals surface area (Å²) in [5.74, 6) is 1.82. The van der Waals surface area contributed by atoms with Crippen LogP contribution in [-0.2, 0) is 6.54 Å². The molecule has 130 valence electrons. The Kier molecular flexibility index (Phi) is 7.98. The summed E-state index contributed by atoms with van der Waals surface area (Å²) in [4.78, 5) is 0. The zero-order valence-electron chi connectivity index (χ0n) is 14.7. The monoisotopic (exact) mass is 328 g/mol. The number of hydrogen-bond donors (Lipinski definition) is 2. The van der Waals surface area contributed by atoms with Gasteiger partial charge in [0.05, 0.1) is 13.7 Å². The summed E-state index contributed by atoms with van der Waals surface area (Å²) in [5.41, 5.74) is 2.34. The molecular weight excluding hydrogens is 300 g/mol. The van der Waals surface area contributed by atoms with Crippen LogP contribution in [0, 0.1) is 0 Å². The van der Waals surface area contributed by atoms with E-state index in [1.807, 2.05) is 24.3 Å². The Labute approximate surface area is 145 Å². The molecule has 0 heterocycles. The molecule has 2 rings (SSSR count). The number of unbranched alkanes of at least 4 members (excludes halogenated alkanes) is 1. The van der Waals surface area contributed by atoms with Crippen LogP contribution in [-0.4, -0.2) is 26.8 Å². The van der Waals surface area contributed by atoms with Crippen LogP contribution < -0.4 is 20.1 Å². The molecule has 0 bridgehead atoms. The average Bonchev–Trinajstić information content (AvgIpc) is 2.62. The van der Waals surface area contributed by atoms with Crippen molar-refractivity contribution in [3.8, 4) is 11.5 Å². The SMILES string of the molecule is CCCCOc1cccc(NCCNCc2ccc(OC)cc2)c1. The molecule has 4 heteroatoms. The minimum atomic E-state index is 0.781. The molecule has 24 heavy (non-hydrogen) atoms. The summed E-state index contributed by atoms with van der Waals surface area (Å²) in [7, 11) is 1.68. The van der Waals surface area contributed by atoms with Gasteiger partial charge in [-0.1, -0.05) is 31.5 Å². The quantitative estimate of drug-likeness (QED) is 0.610. The Hall–Kier alpha value is -2.20. The van der Waals surface area contributed by atoms with Crippen LogP contribution in [0.3, 0.4) is 0 Å². The maximum Gasteiger partial charge on any atom is 0.121 e. The first-order valence-corrected chi connectivity index (χ1v) is 8.62. The lowest BCUT2D eigenvalue weighted by molar-refractivity contribution is 0.309. The second kappa shape index (κ2) is 10.6. The number of benzene rings is 2. The smallest absolute Gasteiger partial charge is 0.121 e. The van der Waals surface area contributed by atoms with Crippen LogP contribution in [0.2, 0.25) is 0 Å². The molecule has 2 aromatic rings. The molecule has 0 aliphatic heterocycles.